The first-order chi connectivity index (χ1) is 14.5. The van der Waals surface area contributed by atoms with Gasteiger partial charge in [0.05, 0.1) is 28.1 Å². The van der Waals surface area contributed by atoms with Gasteiger partial charge in [-0.05, 0) is 43.5 Å². The SMILES string of the molecule is O=C(Cc1n[nH]c(=O)c2ccccc12)Nc1ccc(C(=O)N2CCCCC2)c(Cl)c1. The van der Waals surface area contributed by atoms with Gasteiger partial charge in [0.15, 0.2) is 0 Å². The van der Waals surface area contributed by atoms with Crippen LogP contribution in [0.1, 0.15) is 35.3 Å². The van der Waals surface area contributed by atoms with E-state index in [9.17, 15) is 14.4 Å². The van der Waals surface area contributed by atoms with E-state index in [4.69, 9.17) is 11.6 Å². The number of piperidine rings is 1. The molecule has 1 aromatic heterocycles. The van der Waals surface area contributed by atoms with Gasteiger partial charge in [-0.25, -0.2) is 5.10 Å². The molecule has 2 N–H and O–H groups in total. The summed E-state index contributed by atoms with van der Waals surface area (Å²) < 4.78 is 0. The van der Waals surface area contributed by atoms with Crippen molar-refractivity contribution in [2.75, 3.05) is 18.4 Å². The van der Waals surface area contributed by atoms with Gasteiger partial charge in [0.1, 0.15) is 0 Å². The van der Waals surface area contributed by atoms with E-state index in [2.05, 4.69) is 15.5 Å². The van der Waals surface area contributed by atoms with Crippen molar-refractivity contribution in [3.8, 4) is 0 Å². The quantitative estimate of drug-likeness (QED) is 0.671. The molecule has 1 fully saturated rings. The van der Waals surface area contributed by atoms with Gasteiger partial charge < -0.3 is 10.2 Å². The van der Waals surface area contributed by atoms with Crippen LogP contribution in [0.3, 0.4) is 0 Å². The highest BCUT2D eigenvalue weighted by Crippen LogP contribution is 2.24. The molecule has 4 rings (SSSR count). The highest BCUT2D eigenvalue weighted by atomic mass is 35.5. The second kappa shape index (κ2) is 8.67. The van der Waals surface area contributed by atoms with Crippen LogP contribution in [0, 0.1) is 0 Å². The van der Waals surface area contributed by atoms with Crippen molar-refractivity contribution in [2.24, 2.45) is 0 Å². The number of amides is 2. The Labute approximate surface area is 178 Å². The molecule has 0 bridgehead atoms. The number of benzene rings is 2. The Morgan fingerprint density at radius 3 is 2.53 bits per heavy atom. The van der Waals surface area contributed by atoms with Crippen LogP contribution in [0.15, 0.2) is 47.3 Å². The molecule has 0 spiro atoms. The third kappa shape index (κ3) is 4.21. The van der Waals surface area contributed by atoms with Gasteiger partial charge >= 0.3 is 0 Å². The Kier molecular flexibility index (Phi) is 5.81. The van der Waals surface area contributed by atoms with Crippen LogP contribution in [0.2, 0.25) is 5.02 Å². The number of hydrogen-bond acceptors (Lipinski definition) is 4. The molecule has 0 atom stereocenters. The number of aromatic amines is 1. The number of likely N-dealkylation sites (tertiary alicyclic amines) is 1. The van der Waals surface area contributed by atoms with Crippen molar-refractivity contribution in [2.45, 2.75) is 25.7 Å². The molecular weight excluding hydrogens is 404 g/mol. The molecule has 2 aromatic carbocycles. The number of hydrogen-bond donors (Lipinski definition) is 2. The monoisotopic (exact) mass is 424 g/mol. The lowest BCUT2D eigenvalue weighted by Crippen LogP contribution is -2.35. The smallest absolute Gasteiger partial charge is 0.272 e. The van der Waals surface area contributed by atoms with E-state index in [0.717, 1.165) is 32.4 Å². The molecular formula is C22H21ClN4O3. The fourth-order valence-corrected chi connectivity index (χ4v) is 3.96. The Morgan fingerprint density at radius 2 is 1.80 bits per heavy atom. The molecule has 1 aliphatic rings. The van der Waals surface area contributed by atoms with Gasteiger partial charge in [-0.1, -0.05) is 29.8 Å². The Hall–Kier alpha value is -3.19. The molecule has 2 heterocycles. The summed E-state index contributed by atoms with van der Waals surface area (Å²) in [6, 6.07) is 11.9. The van der Waals surface area contributed by atoms with Crippen LogP contribution < -0.4 is 10.9 Å². The van der Waals surface area contributed by atoms with Gasteiger partial charge in [0.25, 0.3) is 11.5 Å². The number of fused-ring (bicyclic) bond motifs is 1. The average molecular weight is 425 g/mol. The number of nitrogens with zero attached hydrogens (tertiary/aromatic N) is 2. The lowest BCUT2D eigenvalue weighted by Gasteiger charge is -2.27. The summed E-state index contributed by atoms with van der Waals surface area (Å²) in [6.45, 7) is 1.49. The minimum Gasteiger partial charge on any atom is -0.339 e. The zero-order valence-electron chi connectivity index (χ0n) is 16.3. The van der Waals surface area contributed by atoms with Crippen molar-refractivity contribution >= 4 is 39.9 Å². The van der Waals surface area contributed by atoms with E-state index in [1.165, 1.54) is 0 Å². The maximum Gasteiger partial charge on any atom is 0.272 e. The molecule has 0 aliphatic carbocycles. The number of anilines is 1. The van der Waals surface area contributed by atoms with Crippen LogP contribution in [0.5, 0.6) is 0 Å². The van der Waals surface area contributed by atoms with Crippen molar-refractivity contribution in [3.05, 3.63) is 69.1 Å². The van der Waals surface area contributed by atoms with E-state index in [0.29, 0.717) is 32.7 Å². The second-order valence-electron chi connectivity index (χ2n) is 7.32. The van der Waals surface area contributed by atoms with Crippen molar-refractivity contribution in [1.82, 2.24) is 15.1 Å². The first-order valence-corrected chi connectivity index (χ1v) is 10.3. The molecule has 154 valence electrons. The zero-order chi connectivity index (χ0) is 21.1. The summed E-state index contributed by atoms with van der Waals surface area (Å²) in [4.78, 5) is 38.9. The summed E-state index contributed by atoms with van der Waals surface area (Å²) in [5.74, 6) is -0.382. The van der Waals surface area contributed by atoms with Crippen molar-refractivity contribution in [3.63, 3.8) is 0 Å². The lowest BCUT2D eigenvalue weighted by atomic mass is 10.1. The Bertz CT molecular complexity index is 1170. The van der Waals surface area contributed by atoms with Crippen LogP contribution in [0.4, 0.5) is 5.69 Å². The van der Waals surface area contributed by atoms with Crippen LogP contribution in [0.25, 0.3) is 10.8 Å². The van der Waals surface area contributed by atoms with Gasteiger partial charge in [-0.2, -0.15) is 5.10 Å². The van der Waals surface area contributed by atoms with E-state index in [-0.39, 0.29) is 23.8 Å². The fourth-order valence-electron chi connectivity index (χ4n) is 3.70. The van der Waals surface area contributed by atoms with E-state index in [1.54, 1.807) is 42.5 Å². The lowest BCUT2D eigenvalue weighted by molar-refractivity contribution is -0.115. The number of halogens is 1. The molecule has 8 heteroatoms. The predicted octanol–water partition coefficient (Wildman–Crippen LogP) is 3.38. The third-order valence-electron chi connectivity index (χ3n) is 5.23. The molecule has 7 nitrogen and oxygen atoms in total. The fraction of sp³-hybridized carbons (Fsp3) is 0.273. The number of nitrogens with one attached hydrogen (secondary N) is 2. The van der Waals surface area contributed by atoms with E-state index in [1.807, 2.05) is 4.90 Å². The van der Waals surface area contributed by atoms with Crippen LogP contribution in [-0.4, -0.2) is 40.0 Å². The molecule has 30 heavy (non-hydrogen) atoms. The molecule has 0 radical (unpaired) electrons. The maximum atomic E-state index is 12.7. The molecule has 1 saturated heterocycles. The van der Waals surface area contributed by atoms with Crippen molar-refractivity contribution in [1.29, 1.82) is 0 Å². The number of carbonyl (C=O) groups excluding carboxylic acids is 2. The number of rotatable bonds is 4. The van der Waals surface area contributed by atoms with Crippen LogP contribution >= 0.6 is 11.6 Å². The highest BCUT2D eigenvalue weighted by molar-refractivity contribution is 6.34. The van der Waals surface area contributed by atoms with Gasteiger partial charge in [0.2, 0.25) is 5.91 Å². The number of H-pyrrole nitrogens is 1. The zero-order valence-corrected chi connectivity index (χ0v) is 17.0. The maximum absolute atomic E-state index is 12.7. The first-order valence-electron chi connectivity index (χ1n) is 9.88. The summed E-state index contributed by atoms with van der Waals surface area (Å²) in [6.07, 6.45) is 3.14. The van der Waals surface area contributed by atoms with Gasteiger partial charge in [-0.3, -0.25) is 14.4 Å². The summed E-state index contributed by atoms with van der Waals surface area (Å²) in [7, 11) is 0. The topological polar surface area (TPSA) is 95.2 Å². The van der Waals surface area contributed by atoms with Gasteiger partial charge in [-0.15, -0.1) is 0 Å². The Balaban J connectivity index is 1.48. The standard InChI is InChI=1S/C22H21ClN4O3/c23-18-12-14(8-9-17(18)22(30)27-10-4-1-5-11-27)24-20(28)13-19-15-6-2-3-7-16(15)21(29)26-25-19/h2-3,6-9,12H,1,4-5,10-11,13H2,(H,24,28)(H,26,29). The third-order valence-corrected chi connectivity index (χ3v) is 5.54. The second-order valence-corrected chi connectivity index (χ2v) is 7.72. The van der Waals surface area contributed by atoms with E-state index >= 15 is 0 Å². The van der Waals surface area contributed by atoms with Crippen LogP contribution in [-0.2, 0) is 11.2 Å². The molecule has 1 aliphatic heterocycles. The normalized spacial score (nSPS) is 14.0. The molecule has 0 unspecified atom stereocenters. The number of aromatic nitrogens is 2. The summed E-state index contributed by atoms with van der Waals surface area (Å²) in [5.41, 5.74) is 1.11. The molecule has 2 amide bonds. The molecule has 0 saturated carbocycles. The minimum atomic E-state index is -0.300. The summed E-state index contributed by atoms with van der Waals surface area (Å²) >= 11 is 6.33. The molecule has 3 aromatic rings. The van der Waals surface area contributed by atoms with Gasteiger partial charge in [0, 0.05) is 24.2 Å². The highest BCUT2D eigenvalue weighted by Gasteiger charge is 2.20. The first kappa shape index (κ1) is 20.1. The van der Waals surface area contributed by atoms with Crippen molar-refractivity contribution < 1.29 is 9.59 Å². The summed E-state index contributed by atoms with van der Waals surface area (Å²) in [5, 5.41) is 10.6. The average Bonchev–Trinajstić information content (AvgIpc) is 2.76. The minimum absolute atomic E-state index is 0.0105. The largest absolute Gasteiger partial charge is 0.339 e. The predicted molar refractivity (Wildman–Crippen MR) is 116 cm³/mol. The number of carbonyl (C=O) groups is 2. The van der Waals surface area contributed by atoms with E-state index < -0.39 is 0 Å². The Morgan fingerprint density at radius 1 is 1.07 bits per heavy atom.